The average molecular weight is 612 g/mol. The smallest absolute Gasteiger partial charge is 0.0715 e. The summed E-state index contributed by atoms with van der Waals surface area (Å²) in [5.41, 5.74) is 16.1. The summed E-state index contributed by atoms with van der Waals surface area (Å²) in [6, 6.07) is 71.2. The SMILES string of the molecule is c1ccc(-c2cccc(-c3cccc(-c4cccc(-c5cccc(-c6cc(-c7ccccc7)nc(-c7ccccc7)c6)c5)c4)c3)c2)cc1. The van der Waals surface area contributed by atoms with Crippen molar-refractivity contribution < 1.29 is 0 Å². The van der Waals surface area contributed by atoms with Crippen LogP contribution in [0.1, 0.15) is 0 Å². The fourth-order valence-corrected chi connectivity index (χ4v) is 6.35. The van der Waals surface area contributed by atoms with E-state index in [2.05, 4.69) is 188 Å². The van der Waals surface area contributed by atoms with Crippen LogP contribution in [-0.4, -0.2) is 4.98 Å². The van der Waals surface area contributed by atoms with Gasteiger partial charge in [-0.15, -0.1) is 0 Å². The van der Waals surface area contributed by atoms with Crippen LogP contribution < -0.4 is 0 Å². The van der Waals surface area contributed by atoms with Crippen LogP contribution in [0.3, 0.4) is 0 Å². The van der Waals surface area contributed by atoms with Crippen molar-refractivity contribution in [3.63, 3.8) is 0 Å². The van der Waals surface area contributed by atoms with Gasteiger partial charge in [0.25, 0.3) is 0 Å². The average Bonchev–Trinajstić information content (AvgIpc) is 3.19. The van der Waals surface area contributed by atoms with E-state index in [-0.39, 0.29) is 0 Å². The van der Waals surface area contributed by atoms with Gasteiger partial charge in [-0.05, 0) is 92.0 Å². The molecular formula is C47H33N. The van der Waals surface area contributed by atoms with Gasteiger partial charge in [0.15, 0.2) is 0 Å². The van der Waals surface area contributed by atoms with Crippen LogP contribution in [0.2, 0.25) is 0 Å². The molecule has 0 aliphatic heterocycles. The molecule has 0 aliphatic carbocycles. The van der Waals surface area contributed by atoms with Gasteiger partial charge in [-0.3, -0.25) is 0 Å². The molecule has 1 aromatic heterocycles. The first-order chi connectivity index (χ1) is 23.8. The molecule has 0 aliphatic rings. The first-order valence-electron chi connectivity index (χ1n) is 16.4. The lowest BCUT2D eigenvalue weighted by atomic mass is 9.93. The molecule has 0 spiro atoms. The summed E-state index contributed by atoms with van der Waals surface area (Å²) in [5.74, 6) is 0. The number of nitrogens with zero attached hydrogens (tertiary/aromatic N) is 1. The van der Waals surface area contributed by atoms with Crippen molar-refractivity contribution in [3.8, 4) is 78.1 Å². The van der Waals surface area contributed by atoms with Gasteiger partial charge in [-0.25, -0.2) is 4.98 Å². The predicted octanol–water partition coefficient (Wildman–Crippen LogP) is 12.8. The minimum Gasteiger partial charge on any atom is -0.248 e. The molecule has 0 amide bonds. The third-order valence-electron chi connectivity index (χ3n) is 8.86. The Labute approximate surface area is 282 Å². The lowest BCUT2D eigenvalue weighted by Crippen LogP contribution is -1.91. The molecule has 1 heterocycles. The Balaban J connectivity index is 1.14. The number of aromatic nitrogens is 1. The fraction of sp³-hybridized carbons (Fsp3) is 0. The maximum Gasteiger partial charge on any atom is 0.0715 e. The standard InChI is InChI=1S/C47H33N/c1-4-14-34(15-5-1)37-20-10-21-38(28-37)39-22-11-23-40(29-39)41-24-12-25-42(30-41)43-26-13-27-44(31-43)45-32-46(35-16-6-2-7-17-35)48-47(33-45)36-18-8-3-9-19-36/h1-33H. The van der Waals surface area contributed by atoms with Crippen LogP contribution >= 0.6 is 0 Å². The highest BCUT2D eigenvalue weighted by Gasteiger charge is 2.11. The number of hydrogen-bond acceptors (Lipinski definition) is 1. The van der Waals surface area contributed by atoms with Crippen molar-refractivity contribution in [2.24, 2.45) is 0 Å². The number of rotatable bonds is 7. The zero-order valence-electron chi connectivity index (χ0n) is 26.5. The van der Waals surface area contributed by atoms with E-state index < -0.39 is 0 Å². The van der Waals surface area contributed by atoms with E-state index in [1.165, 1.54) is 44.5 Å². The second-order valence-corrected chi connectivity index (χ2v) is 12.0. The molecule has 0 unspecified atom stereocenters. The zero-order valence-corrected chi connectivity index (χ0v) is 26.5. The second kappa shape index (κ2) is 13.2. The lowest BCUT2D eigenvalue weighted by Gasteiger charge is -2.12. The van der Waals surface area contributed by atoms with Gasteiger partial charge in [0, 0.05) is 11.1 Å². The summed E-state index contributed by atoms with van der Waals surface area (Å²) in [6.07, 6.45) is 0. The minimum absolute atomic E-state index is 0.966. The summed E-state index contributed by atoms with van der Waals surface area (Å²) in [4.78, 5) is 5.07. The van der Waals surface area contributed by atoms with Crippen LogP contribution in [0.25, 0.3) is 78.1 Å². The number of benzene rings is 7. The first kappa shape index (κ1) is 29.1. The number of hydrogen-bond donors (Lipinski definition) is 0. The monoisotopic (exact) mass is 611 g/mol. The Morgan fingerprint density at radius 2 is 0.438 bits per heavy atom. The molecule has 7 aromatic carbocycles. The summed E-state index contributed by atoms with van der Waals surface area (Å²) in [6.45, 7) is 0. The van der Waals surface area contributed by atoms with Crippen molar-refractivity contribution in [1.29, 1.82) is 0 Å². The van der Waals surface area contributed by atoms with Gasteiger partial charge in [-0.2, -0.15) is 0 Å². The van der Waals surface area contributed by atoms with E-state index in [1.54, 1.807) is 0 Å². The minimum atomic E-state index is 0.966. The third kappa shape index (κ3) is 6.23. The molecule has 0 saturated carbocycles. The van der Waals surface area contributed by atoms with Crippen molar-refractivity contribution in [1.82, 2.24) is 4.98 Å². The van der Waals surface area contributed by atoms with Gasteiger partial charge in [0.05, 0.1) is 11.4 Å². The summed E-state index contributed by atoms with van der Waals surface area (Å²) < 4.78 is 0. The lowest BCUT2D eigenvalue weighted by molar-refractivity contribution is 1.32. The summed E-state index contributed by atoms with van der Waals surface area (Å²) in [5, 5.41) is 0. The Hall–Kier alpha value is -6.31. The molecule has 0 radical (unpaired) electrons. The van der Waals surface area contributed by atoms with Gasteiger partial charge < -0.3 is 0 Å². The maximum absolute atomic E-state index is 5.07. The van der Waals surface area contributed by atoms with Crippen molar-refractivity contribution in [2.45, 2.75) is 0 Å². The molecule has 0 N–H and O–H groups in total. The molecule has 0 bridgehead atoms. The maximum atomic E-state index is 5.07. The quantitative estimate of drug-likeness (QED) is 0.175. The van der Waals surface area contributed by atoms with Gasteiger partial charge in [-0.1, -0.05) is 164 Å². The highest BCUT2D eigenvalue weighted by Crippen LogP contribution is 2.35. The molecule has 0 fully saturated rings. The molecule has 226 valence electrons. The molecule has 0 atom stereocenters. The zero-order chi connectivity index (χ0) is 32.1. The molecule has 48 heavy (non-hydrogen) atoms. The van der Waals surface area contributed by atoms with Crippen molar-refractivity contribution >= 4 is 0 Å². The van der Waals surface area contributed by atoms with E-state index in [0.29, 0.717) is 0 Å². The van der Waals surface area contributed by atoms with Crippen LogP contribution in [0, 0.1) is 0 Å². The van der Waals surface area contributed by atoms with Gasteiger partial charge in [0.1, 0.15) is 0 Å². The number of pyridine rings is 1. The second-order valence-electron chi connectivity index (χ2n) is 12.0. The highest BCUT2D eigenvalue weighted by molar-refractivity contribution is 5.82. The van der Waals surface area contributed by atoms with E-state index >= 15 is 0 Å². The Bertz CT molecular complexity index is 2260. The van der Waals surface area contributed by atoms with Gasteiger partial charge in [0.2, 0.25) is 0 Å². The molecule has 0 saturated heterocycles. The predicted molar refractivity (Wildman–Crippen MR) is 202 cm³/mol. The van der Waals surface area contributed by atoms with E-state index in [1.807, 2.05) is 12.1 Å². The van der Waals surface area contributed by atoms with Crippen LogP contribution in [0.4, 0.5) is 0 Å². The van der Waals surface area contributed by atoms with Crippen LogP contribution in [0.5, 0.6) is 0 Å². The third-order valence-corrected chi connectivity index (χ3v) is 8.86. The van der Waals surface area contributed by atoms with Crippen LogP contribution in [0.15, 0.2) is 200 Å². The van der Waals surface area contributed by atoms with Crippen molar-refractivity contribution in [3.05, 3.63) is 200 Å². The fourth-order valence-electron chi connectivity index (χ4n) is 6.35. The molecule has 8 rings (SSSR count). The van der Waals surface area contributed by atoms with E-state index in [0.717, 1.165) is 33.6 Å². The normalized spacial score (nSPS) is 10.9. The Morgan fingerprint density at radius 3 is 0.771 bits per heavy atom. The summed E-state index contributed by atoms with van der Waals surface area (Å²) in [7, 11) is 0. The first-order valence-corrected chi connectivity index (χ1v) is 16.4. The molecular weight excluding hydrogens is 579 g/mol. The van der Waals surface area contributed by atoms with Crippen LogP contribution in [-0.2, 0) is 0 Å². The summed E-state index contributed by atoms with van der Waals surface area (Å²) >= 11 is 0. The van der Waals surface area contributed by atoms with Crippen molar-refractivity contribution in [2.75, 3.05) is 0 Å². The van der Waals surface area contributed by atoms with Gasteiger partial charge >= 0.3 is 0 Å². The van der Waals surface area contributed by atoms with E-state index in [9.17, 15) is 0 Å². The molecule has 8 aromatic rings. The largest absolute Gasteiger partial charge is 0.248 e. The Morgan fingerprint density at radius 1 is 0.188 bits per heavy atom. The van der Waals surface area contributed by atoms with E-state index in [4.69, 9.17) is 4.98 Å². The molecule has 1 nitrogen and oxygen atoms in total. The molecule has 1 heteroatoms. The highest BCUT2D eigenvalue weighted by atomic mass is 14.7. The Kier molecular flexibility index (Phi) is 8.01. The topological polar surface area (TPSA) is 12.9 Å².